The van der Waals surface area contributed by atoms with E-state index in [0.717, 1.165) is 0 Å². The van der Waals surface area contributed by atoms with Crippen molar-refractivity contribution in [1.29, 1.82) is 0 Å². The molecule has 0 spiro atoms. The summed E-state index contributed by atoms with van der Waals surface area (Å²) in [6, 6.07) is 23.3. The van der Waals surface area contributed by atoms with Crippen LogP contribution in [0.1, 0.15) is 81.0 Å². The van der Waals surface area contributed by atoms with Gasteiger partial charge in [0.25, 0.3) is 0 Å². The molecule has 10 rings (SSSR count). The molecule has 0 heterocycles. The average Bonchev–Trinajstić information content (AvgIpc) is 2.84. The summed E-state index contributed by atoms with van der Waals surface area (Å²) in [7, 11) is 0. The van der Waals surface area contributed by atoms with Crippen molar-refractivity contribution in [2.24, 2.45) is 0 Å². The molecule has 0 radical (unpaired) electrons. The number of rotatable bonds is 0. The summed E-state index contributed by atoms with van der Waals surface area (Å²) < 4.78 is 0. The van der Waals surface area contributed by atoms with Gasteiger partial charge in [0.2, 0.25) is 0 Å². The van der Waals surface area contributed by atoms with Crippen LogP contribution < -0.4 is 0 Å². The molecule has 0 N–H and O–H groups in total. The maximum atomic E-state index is 4.52. The van der Waals surface area contributed by atoms with Crippen molar-refractivity contribution in [2.75, 3.05) is 0 Å². The van der Waals surface area contributed by atoms with E-state index in [1.54, 1.807) is 16.7 Å². The molecule has 0 fully saturated rings. The van der Waals surface area contributed by atoms with Crippen molar-refractivity contribution in [3.05, 3.63) is 153 Å². The largest absolute Gasteiger partial charge is 0.0946 e. The lowest BCUT2D eigenvalue weighted by Gasteiger charge is -2.48. The third-order valence-corrected chi connectivity index (χ3v) is 8.79. The summed E-state index contributed by atoms with van der Waals surface area (Å²) in [6.45, 7) is 9.04. The first-order chi connectivity index (χ1) is 15.7. The minimum atomic E-state index is 0.245. The first-order valence-corrected chi connectivity index (χ1v) is 11.9. The third-order valence-electron chi connectivity index (χ3n) is 8.79. The van der Waals surface area contributed by atoms with Gasteiger partial charge in [-0.3, -0.25) is 0 Å². The number of allylic oxidation sites excluding steroid dienone is 6. The highest BCUT2D eigenvalue weighted by atomic mass is 14.5. The van der Waals surface area contributed by atoms with Gasteiger partial charge in [-0.2, -0.15) is 0 Å². The Morgan fingerprint density at radius 3 is 1.62 bits per heavy atom. The molecule has 0 heteroatoms. The number of benzene rings is 3. The van der Waals surface area contributed by atoms with Crippen LogP contribution in [-0.2, 0) is 0 Å². The lowest BCUT2D eigenvalue weighted by molar-refractivity contribution is 0.677. The van der Waals surface area contributed by atoms with E-state index in [4.69, 9.17) is 0 Å². The highest BCUT2D eigenvalue weighted by molar-refractivity contribution is 5.74. The van der Waals surface area contributed by atoms with Crippen molar-refractivity contribution >= 4 is 0 Å². The van der Waals surface area contributed by atoms with Crippen LogP contribution in [-0.4, -0.2) is 0 Å². The van der Waals surface area contributed by atoms with Gasteiger partial charge in [-0.15, -0.1) is 0 Å². The Bertz CT molecular complexity index is 1470. The summed E-state index contributed by atoms with van der Waals surface area (Å²) in [5.74, 6) is 1.27. The molecule has 0 saturated carbocycles. The molecule has 0 amide bonds. The maximum absolute atomic E-state index is 4.52. The van der Waals surface area contributed by atoms with E-state index in [1.165, 1.54) is 62.9 Å². The lowest BCUT2D eigenvalue weighted by atomic mass is 9.55. The molecular weight excluding hydrogens is 384 g/mol. The fourth-order valence-corrected chi connectivity index (χ4v) is 7.54. The molecular formula is C32H24. The van der Waals surface area contributed by atoms with Crippen LogP contribution in [0.15, 0.2) is 108 Å². The van der Waals surface area contributed by atoms with Crippen molar-refractivity contribution < 1.29 is 0 Å². The predicted octanol–water partition coefficient (Wildman–Crippen LogP) is 7.63. The summed E-state index contributed by atoms with van der Waals surface area (Å²) in [4.78, 5) is 0. The van der Waals surface area contributed by atoms with Crippen LogP contribution in [0.3, 0.4) is 0 Å². The monoisotopic (exact) mass is 408 g/mol. The lowest BCUT2D eigenvalue weighted by Crippen LogP contribution is -2.32. The Kier molecular flexibility index (Phi) is 3.06. The van der Waals surface area contributed by atoms with E-state index >= 15 is 0 Å². The minimum absolute atomic E-state index is 0.245. The van der Waals surface area contributed by atoms with E-state index in [0.29, 0.717) is 11.8 Å². The molecule has 4 unspecified atom stereocenters. The average molecular weight is 409 g/mol. The molecule has 3 aromatic carbocycles. The molecule has 4 atom stereocenters. The SMILES string of the molecule is C=C1C(=C)C2c3ccccc3C1c1cc3c(cc12)C1C2=C(C=CCC2)C3c2ccccc21. The first kappa shape index (κ1) is 17.2. The van der Waals surface area contributed by atoms with Gasteiger partial charge < -0.3 is 0 Å². The van der Waals surface area contributed by atoms with E-state index in [9.17, 15) is 0 Å². The second-order valence-electron chi connectivity index (χ2n) is 10.1. The summed E-state index contributed by atoms with van der Waals surface area (Å²) in [5, 5.41) is 0. The van der Waals surface area contributed by atoms with Crippen molar-refractivity contribution in [2.45, 2.75) is 36.5 Å². The highest BCUT2D eigenvalue weighted by Crippen LogP contribution is 2.62. The summed E-state index contributed by atoms with van der Waals surface area (Å²) >= 11 is 0. The number of hydrogen-bond donors (Lipinski definition) is 0. The third kappa shape index (κ3) is 1.83. The van der Waals surface area contributed by atoms with Gasteiger partial charge in [0.15, 0.2) is 0 Å². The van der Waals surface area contributed by atoms with Gasteiger partial charge in [0, 0.05) is 23.7 Å². The van der Waals surface area contributed by atoms with Gasteiger partial charge >= 0.3 is 0 Å². The van der Waals surface area contributed by atoms with E-state index in [1.807, 2.05) is 0 Å². The zero-order valence-electron chi connectivity index (χ0n) is 18.1. The highest BCUT2D eigenvalue weighted by Gasteiger charge is 2.47. The molecule has 152 valence electrons. The fourth-order valence-electron chi connectivity index (χ4n) is 7.54. The van der Waals surface area contributed by atoms with Gasteiger partial charge in [0.1, 0.15) is 0 Å². The molecule has 0 aromatic heterocycles. The molecule has 0 nitrogen and oxygen atoms in total. The van der Waals surface area contributed by atoms with Crippen LogP contribution in [0.2, 0.25) is 0 Å². The Labute approximate surface area is 189 Å². The number of fused-ring (bicyclic) bond motifs is 1. The van der Waals surface area contributed by atoms with E-state index < -0.39 is 0 Å². The van der Waals surface area contributed by atoms with Crippen molar-refractivity contribution in [3.8, 4) is 0 Å². The maximum Gasteiger partial charge on any atom is 0.0346 e. The second kappa shape index (κ2) is 5.70. The second-order valence-corrected chi connectivity index (χ2v) is 10.1. The Morgan fingerprint density at radius 1 is 0.562 bits per heavy atom. The van der Waals surface area contributed by atoms with Crippen LogP contribution in [0.4, 0.5) is 0 Å². The van der Waals surface area contributed by atoms with Crippen LogP contribution in [0.25, 0.3) is 0 Å². The smallest absolute Gasteiger partial charge is 0.0346 e. The standard InChI is InChI=1S/C32H24/c1-17-18(2)30-20-10-4-3-9-19(20)29(17)25-15-27-28(16-26(25)30)32-23-13-7-5-11-21(23)31(27)22-12-6-8-14-24(22)32/h3-7,9-13,15-16,29-32H,1-2,8,14H2. The quantitative estimate of drug-likeness (QED) is 0.359. The molecule has 3 aromatic rings. The normalized spacial score (nSPS) is 27.6. The first-order valence-electron chi connectivity index (χ1n) is 11.9. The molecule has 4 bridgehead atoms. The Hall–Kier alpha value is -3.38. The minimum Gasteiger partial charge on any atom is -0.0946 e. The molecule has 0 aliphatic heterocycles. The zero-order valence-corrected chi connectivity index (χ0v) is 18.1. The zero-order chi connectivity index (χ0) is 21.1. The topological polar surface area (TPSA) is 0 Å². The fraction of sp³-hybridized carbons (Fsp3) is 0.188. The van der Waals surface area contributed by atoms with Crippen LogP contribution in [0.5, 0.6) is 0 Å². The van der Waals surface area contributed by atoms with Gasteiger partial charge in [-0.1, -0.05) is 91.5 Å². The van der Waals surface area contributed by atoms with Gasteiger partial charge in [0.05, 0.1) is 0 Å². The predicted molar refractivity (Wildman–Crippen MR) is 130 cm³/mol. The number of hydrogen-bond acceptors (Lipinski definition) is 0. The van der Waals surface area contributed by atoms with Crippen LogP contribution in [0, 0.1) is 0 Å². The summed E-state index contributed by atoms with van der Waals surface area (Å²) in [5.41, 5.74) is 17.6. The van der Waals surface area contributed by atoms with E-state index in [2.05, 4.69) is 86.0 Å². The molecule has 32 heavy (non-hydrogen) atoms. The molecule has 7 aliphatic carbocycles. The Morgan fingerprint density at radius 2 is 1.03 bits per heavy atom. The van der Waals surface area contributed by atoms with Gasteiger partial charge in [-0.05, 0) is 74.1 Å². The van der Waals surface area contributed by atoms with E-state index in [-0.39, 0.29) is 11.8 Å². The van der Waals surface area contributed by atoms with Gasteiger partial charge in [-0.25, -0.2) is 0 Å². The molecule has 7 aliphatic rings. The van der Waals surface area contributed by atoms with Crippen LogP contribution >= 0.6 is 0 Å². The summed E-state index contributed by atoms with van der Waals surface area (Å²) in [6.07, 6.45) is 7.16. The Balaban J connectivity index is 1.44. The van der Waals surface area contributed by atoms with Crippen molar-refractivity contribution in [3.63, 3.8) is 0 Å². The molecule has 0 saturated heterocycles. The van der Waals surface area contributed by atoms with Crippen molar-refractivity contribution in [1.82, 2.24) is 0 Å².